The van der Waals surface area contributed by atoms with Crippen LogP contribution in [0.15, 0.2) is 0 Å². The van der Waals surface area contributed by atoms with Gasteiger partial charge in [0, 0.05) is 0 Å². The Hall–Kier alpha value is -0.0400. The van der Waals surface area contributed by atoms with Crippen LogP contribution >= 0.6 is 0 Å². The molecule has 0 spiro atoms. The first-order valence-electron chi connectivity index (χ1n) is 4.02. The van der Waals surface area contributed by atoms with Gasteiger partial charge in [0.15, 0.2) is 0 Å². The summed E-state index contributed by atoms with van der Waals surface area (Å²) in [7, 11) is 0. The Morgan fingerprint density at radius 1 is 1.44 bits per heavy atom. The standard InChI is InChI=1S/C8H14O/c1-2-5-6-3-4-7(9)8(5)6/h5-9H,2-4H2,1H3/t5-,6+,7-,8-/m1/s1. The summed E-state index contributed by atoms with van der Waals surface area (Å²) in [6.45, 7) is 2.23. The number of aliphatic hydroxyl groups excluding tert-OH is 1. The van der Waals surface area contributed by atoms with Crippen LogP contribution in [0.4, 0.5) is 0 Å². The molecule has 2 aliphatic carbocycles. The minimum atomic E-state index is 0.0694. The molecule has 0 amide bonds. The van der Waals surface area contributed by atoms with Crippen molar-refractivity contribution >= 4 is 0 Å². The first kappa shape index (κ1) is 5.72. The van der Waals surface area contributed by atoms with Crippen LogP contribution in [0.1, 0.15) is 26.2 Å². The van der Waals surface area contributed by atoms with Crippen molar-refractivity contribution in [1.82, 2.24) is 0 Å². The molecule has 9 heavy (non-hydrogen) atoms. The first-order chi connectivity index (χ1) is 4.34. The average molecular weight is 126 g/mol. The molecule has 0 radical (unpaired) electrons. The molecule has 0 saturated heterocycles. The van der Waals surface area contributed by atoms with Gasteiger partial charge in [-0.05, 0) is 30.6 Å². The molecule has 0 aromatic carbocycles. The summed E-state index contributed by atoms with van der Waals surface area (Å²) >= 11 is 0. The molecule has 2 rings (SSSR count). The summed E-state index contributed by atoms with van der Waals surface area (Å²) in [5, 5.41) is 9.34. The van der Waals surface area contributed by atoms with E-state index in [1.54, 1.807) is 0 Å². The maximum atomic E-state index is 9.34. The quantitative estimate of drug-likeness (QED) is 0.563. The smallest absolute Gasteiger partial charge is 0.0574 e. The summed E-state index contributed by atoms with van der Waals surface area (Å²) in [4.78, 5) is 0. The fourth-order valence-corrected chi connectivity index (χ4v) is 2.58. The van der Waals surface area contributed by atoms with Crippen molar-refractivity contribution in [3.63, 3.8) is 0 Å². The predicted molar refractivity (Wildman–Crippen MR) is 36.0 cm³/mol. The van der Waals surface area contributed by atoms with E-state index in [1.807, 2.05) is 0 Å². The van der Waals surface area contributed by atoms with Gasteiger partial charge in [-0.2, -0.15) is 0 Å². The molecule has 2 fully saturated rings. The highest BCUT2D eigenvalue weighted by molar-refractivity contribution is 5.04. The van der Waals surface area contributed by atoms with Crippen LogP contribution in [0.2, 0.25) is 0 Å². The monoisotopic (exact) mass is 126 g/mol. The Kier molecular flexibility index (Phi) is 1.10. The van der Waals surface area contributed by atoms with Crippen LogP contribution in [-0.4, -0.2) is 11.2 Å². The van der Waals surface area contributed by atoms with E-state index in [2.05, 4.69) is 6.92 Å². The third-order valence-electron chi connectivity index (χ3n) is 3.11. The molecule has 2 saturated carbocycles. The van der Waals surface area contributed by atoms with Crippen LogP contribution < -0.4 is 0 Å². The first-order valence-corrected chi connectivity index (χ1v) is 4.02. The zero-order valence-corrected chi connectivity index (χ0v) is 5.88. The Morgan fingerprint density at radius 3 is 2.56 bits per heavy atom. The molecule has 0 heterocycles. The Labute approximate surface area is 56.1 Å². The van der Waals surface area contributed by atoms with Crippen LogP contribution in [-0.2, 0) is 0 Å². The van der Waals surface area contributed by atoms with Crippen molar-refractivity contribution in [2.75, 3.05) is 0 Å². The molecule has 0 bridgehead atoms. The Morgan fingerprint density at radius 2 is 2.22 bits per heavy atom. The molecular formula is C8H14O. The van der Waals surface area contributed by atoms with Crippen molar-refractivity contribution in [2.24, 2.45) is 17.8 Å². The molecule has 0 unspecified atom stereocenters. The highest BCUT2D eigenvalue weighted by atomic mass is 16.3. The second-order valence-electron chi connectivity index (χ2n) is 3.46. The fraction of sp³-hybridized carbons (Fsp3) is 1.00. The van der Waals surface area contributed by atoms with E-state index >= 15 is 0 Å². The van der Waals surface area contributed by atoms with E-state index in [0.29, 0.717) is 0 Å². The van der Waals surface area contributed by atoms with E-state index in [4.69, 9.17) is 0 Å². The largest absolute Gasteiger partial charge is 0.393 e. The van der Waals surface area contributed by atoms with Gasteiger partial charge in [-0.15, -0.1) is 0 Å². The molecule has 1 heteroatoms. The lowest BCUT2D eigenvalue weighted by Gasteiger charge is -2.04. The second-order valence-corrected chi connectivity index (χ2v) is 3.46. The topological polar surface area (TPSA) is 20.2 Å². The van der Waals surface area contributed by atoms with Crippen molar-refractivity contribution in [1.29, 1.82) is 0 Å². The maximum absolute atomic E-state index is 9.34. The summed E-state index contributed by atoms with van der Waals surface area (Å²) in [6, 6.07) is 0. The zero-order valence-electron chi connectivity index (χ0n) is 5.88. The third-order valence-corrected chi connectivity index (χ3v) is 3.11. The molecule has 2 aliphatic rings. The van der Waals surface area contributed by atoms with Crippen LogP contribution in [0.3, 0.4) is 0 Å². The van der Waals surface area contributed by atoms with Crippen molar-refractivity contribution in [2.45, 2.75) is 32.3 Å². The zero-order chi connectivity index (χ0) is 6.43. The highest BCUT2D eigenvalue weighted by Gasteiger charge is 2.55. The average Bonchev–Trinajstić information content (AvgIpc) is 2.46. The normalized spacial score (nSPS) is 55.3. The van der Waals surface area contributed by atoms with Gasteiger partial charge in [-0.25, -0.2) is 0 Å². The molecule has 1 N–H and O–H groups in total. The number of hydrogen-bond acceptors (Lipinski definition) is 1. The highest BCUT2D eigenvalue weighted by Crippen LogP contribution is 2.58. The van der Waals surface area contributed by atoms with E-state index in [9.17, 15) is 5.11 Å². The lowest BCUT2D eigenvalue weighted by molar-refractivity contribution is 0.149. The number of hydrogen-bond donors (Lipinski definition) is 1. The molecule has 52 valence electrons. The van der Waals surface area contributed by atoms with Gasteiger partial charge in [0.05, 0.1) is 6.10 Å². The molecule has 0 aromatic heterocycles. The number of fused-ring (bicyclic) bond motifs is 1. The van der Waals surface area contributed by atoms with Crippen molar-refractivity contribution in [3.8, 4) is 0 Å². The van der Waals surface area contributed by atoms with Crippen LogP contribution in [0, 0.1) is 17.8 Å². The number of aliphatic hydroxyl groups is 1. The summed E-state index contributed by atoms with van der Waals surface area (Å²) < 4.78 is 0. The predicted octanol–water partition coefficient (Wildman–Crippen LogP) is 1.41. The van der Waals surface area contributed by atoms with E-state index in [0.717, 1.165) is 24.2 Å². The Balaban J connectivity index is 1.98. The van der Waals surface area contributed by atoms with E-state index in [-0.39, 0.29) is 6.10 Å². The van der Waals surface area contributed by atoms with Gasteiger partial charge >= 0.3 is 0 Å². The molecular weight excluding hydrogens is 112 g/mol. The third kappa shape index (κ3) is 0.644. The van der Waals surface area contributed by atoms with Crippen molar-refractivity contribution in [3.05, 3.63) is 0 Å². The van der Waals surface area contributed by atoms with E-state index < -0.39 is 0 Å². The summed E-state index contributed by atoms with van der Waals surface area (Å²) in [5.74, 6) is 2.54. The lowest BCUT2D eigenvalue weighted by atomic mass is 10.1. The van der Waals surface area contributed by atoms with Crippen LogP contribution in [0.25, 0.3) is 0 Å². The van der Waals surface area contributed by atoms with Gasteiger partial charge < -0.3 is 5.11 Å². The van der Waals surface area contributed by atoms with Crippen molar-refractivity contribution < 1.29 is 5.11 Å². The minimum absolute atomic E-state index is 0.0694. The van der Waals surface area contributed by atoms with Gasteiger partial charge in [0.1, 0.15) is 0 Å². The second kappa shape index (κ2) is 1.72. The summed E-state index contributed by atoms with van der Waals surface area (Å²) in [6.07, 6.45) is 3.72. The molecule has 0 aromatic rings. The summed E-state index contributed by atoms with van der Waals surface area (Å²) in [5.41, 5.74) is 0. The molecule has 1 nitrogen and oxygen atoms in total. The van der Waals surface area contributed by atoms with Gasteiger partial charge in [-0.3, -0.25) is 0 Å². The number of rotatable bonds is 1. The van der Waals surface area contributed by atoms with E-state index in [1.165, 1.54) is 12.8 Å². The fourth-order valence-electron chi connectivity index (χ4n) is 2.58. The molecule has 4 atom stereocenters. The lowest BCUT2D eigenvalue weighted by Crippen LogP contribution is -2.06. The molecule has 0 aliphatic heterocycles. The van der Waals surface area contributed by atoms with Gasteiger partial charge in [-0.1, -0.05) is 13.3 Å². The van der Waals surface area contributed by atoms with Crippen LogP contribution in [0.5, 0.6) is 0 Å². The Bertz CT molecular complexity index is 118. The van der Waals surface area contributed by atoms with Gasteiger partial charge in [0.25, 0.3) is 0 Å². The maximum Gasteiger partial charge on any atom is 0.0574 e. The van der Waals surface area contributed by atoms with Gasteiger partial charge in [0.2, 0.25) is 0 Å². The minimum Gasteiger partial charge on any atom is -0.393 e. The SMILES string of the molecule is CC[C@@H]1[C@@H]2CC[C@@H](O)[C@H]12.